The molecule has 224 valence electrons. The summed E-state index contributed by atoms with van der Waals surface area (Å²) in [5.41, 5.74) is 2.01. The van der Waals surface area contributed by atoms with Gasteiger partial charge in [0.15, 0.2) is 0 Å². The van der Waals surface area contributed by atoms with E-state index in [9.17, 15) is 14.9 Å². The van der Waals surface area contributed by atoms with E-state index in [4.69, 9.17) is 4.74 Å². The lowest BCUT2D eigenvalue weighted by Crippen LogP contribution is -2.47. The molecule has 4 aromatic rings. The van der Waals surface area contributed by atoms with Gasteiger partial charge in [0, 0.05) is 42.1 Å². The first-order valence-electron chi connectivity index (χ1n) is 14.3. The van der Waals surface area contributed by atoms with Crippen LogP contribution in [0.5, 0.6) is 0 Å². The molecule has 0 bridgehead atoms. The van der Waals surface area contributed by atoms with Gasteiger partial charge < -0.3 is 15.0 Å². The quantitative estimate of drug-likeness (QED) is 0.321. The second kappa shape index (κ2) is 12.0. The molecule has 3 aromatic carbocycles. The van der Waals surface area contributed by atoms with Crippen molar-refractivity contribution in [2.75, 3.05) is 36.5 Å². The Morgan fingerprint density at radius 2 is 1.77 bits per heavy atom. The van der Waals surface area contributed by atoms with Crippen molar-refractivity contribution in [2.24, 2.45) is 0 Å². The highest BCUT2D eigenvalue weighted by Crippen LogP contribution is 2.37. The van der Waals surface area contributed by atoms with Gasteiger partial charge in [-0.25, -0.2) is 0 Å². The van der Waals surface area contributed by atoms with Crippen molar-refractivity contribution < 1.29 is 23.1 Å². The van der Waals surface area contributed by atoms with Crippen LogP contribution >= 0.6 is 0 Å². The number of morpholine rings is 1. The highest BCUT2D eigenvalue weighted by atomic mass is 19.3. The van der Waals surface area contributed by atoms with E-state index < -0.39 is 17.7 Å². The summed E-state index contributed by atoms with van der Waals surface area (Å²) in [4.78, 5) is 30.9. The summed E-state index contributed by atoms with van der Waals surface area (Å²) in [6.07, 6.45) is 1.35. The third-order valence-corrected chi connectivity index (χ3v) is 8.01. The Morgan fingerprint density at radius 3 is 2.48 bits per heavy atom. The molecule has 2 amide bonds. The molecule has 2 aliphatic rings. The zero-order valence-electron chi connectivity index (χ0n) is 24.0. The minimum absolute atomic E-state index is 0.0787. The van der Waals surface area contributed by atoms with E-state index in [0.717, 1.165) is 18.7 Å². The van der Waals surface area contributed by atoms with E-state index in [1.165, 1.54) is 52.2 Å². The molecule has 2 aliphatic heterocycles. The molecule has 11 heteroatoms. The predicted octanol–water partition coefficient (Wildman–Crippen LogP) is 5.03. The molecule has 0 spiro atoms. The summed E-state index contributed by atoms with van der Waals surface area (Å²) in [5, 5.41) is 16.8. The van der Waals surface area contributed by atoms with Crippen molar-refractivity contribution in [3.05, 3.63) is 113 Å². The molecule has 0 aliphatic carbocycles. The molecular weight excluding hydrogens is 566 g/mol. The standard InChI is InChI=1S/C33H30F2N6O3/c1-22-20-40-30(32(43)41(22)28-11-8-26(9-12-28)33(34,35)25-5-3-2-4-6-25)29(19-37-40)31(42)38-27-10-7-23(24(17-27)18-36)21-39-13-15-44-16-14-39/h2-12,17,19,22H,13-16,20-21H2,1H3,(H,38,42)/t22-/m0/s1. The van der Waals surface area contributed by atoms with Crippen LogP contribution in [-0.2, 0) is 23.7 Å². The number of hydrogen-bond donors (Lipinski definition) is 1. The first kappa shape index (κ1) is 29.2. The van der Waals surface area contributed by atoms with Gasteiger partial charge in [-0.15, -0.1) is 0 Å². The zero-order valence-corrected chi connectivity index (χ0v) is 24.0. The molecule has 3 heterocycles. The maximum absolute atomic E-state index is 15.1. The Balaban J connectivity index is 1.21. The Morgan fingerprint density at radius 1 is 1.07 bits per heavy atom. The fourth-order valence-electron chi connectivity index (χ4n) is 5.67. The van der Waals surface area contributed by atoms with Crippen molar-refractivity contribution in [3.63, 3.8) is 0 Å². The summed E-state index contributed by atoms with van der Waals surface area (Å²) < 4.78 is 37.1. The van der Waals surface area contributed by atoms with Crippen LogP contribution < -0.4 is 10.2 Å². The predicted molar refractivity (Wildman–Crippen MR) is 160 cm³/mol. The number of benzene rings is 3. The lowest BCUT2D eigenvalue weighted by molar-refractivity contribution is 0.0341. The molecule has 0 saturated carbocycles. The Labute approximate surface area is 253 Å². The van der Waals surface area contributed by atoms with Crippen molar-refractivity contribution in [3.8, 4) is 6.07 Å². The number of carbonyl (C=O) groups is 2. The number of amides is 2. The van der Waals surface area contributed by atoms with Crippen LogP contribution in [0.3, 0.4) is 0 Å². The van der Waals surface area contributed by atoms with Gasteiger partial charge in [-0.1, -0.05) is 48.5 Å². The largest absolute Gasteiger partial charge is 0.379 e. The van der Waals surface area contributed by atoms with E-state index in [1.807, 2.05) is 13.0 Å². The summed E-state index contributed by atoms with van der Waals surface area (Å²) in [6.45, 7) is 5.60. The third-order valence-electron chi connectivity index (χ3n) is 8.01. The van der Waals surface area contributed by atoms with Crippen LogP contribution in [0.4, 0.5) is 20.2 Å². The molecule has 1 aromatic heterocycles. The third kappa shape index (κ3) is 5.57. The molecule has 6 rings (SSSR count). The number of rotatable bonds is 7. The van der Waals surface area contributed by atoms with Crippen molar-refractivity contribution >= 4 is 23.2 Å². The summed E-state index contributed by atoms with van der Waals surface area (Å²) in [7, 11) is 0. The molecular formula is C33H30F2N6O3. The maximum atomic E-state index is 15.1. The van der Waals surface area contributed by atoms with Gasteiger partial charge >= 0.3 is 0 Å². The minimum atomic E-state index is -3.20. The number of ether oxygens (including phenoxy) is 1. The average Bonchev–Trinajstić information content (AvgIpc) is 3.47. The summed E-state index contributed by atoms with van der Waals surface area (Å²) in [5.74, 6) is -4.21. The fraction of sp³-hybridized carbons (Fsp3) is 0.273. The second-order valence-electron chi connectivity index (χ2n) is 10.9. The number of halogens is 2. The summed E-state index contributed by atoms with van der Waals surface area (Å²) in [6, 6.07) is 20.2. The zero-order chi connectivity index (χ0) is 30.8. The number of fused-ring (bicyclic) bond motifs is 1. The lowest BCUT2D eigenvalue weighted by Gasteiger charge is -2.34. The number of nitrogens with one attached hydrogen (secondary N) is 1. The summed E-state index contributed by atoms with van der Waals surface area (Å²) >= 11 is 0. The van der Waals surface area contributed by atoms with E-state index in [0.29, 0.717) is 43.2 Å². The first-order valence-corrected chi connectivity index (χ1v) is 14.3. The van der Waals surface area contributed by atoms with Gasteiger partial charge in [0.25, 0.3) is 17.7 Å². The number of hydrogen-bond acceptors (Lipinski definition) is 6. The SMILES string of the molecule is C[C@H]1Cn2ncc(C(=O)Nc3ccc(CN4CCOCC4)c(C#N)c3)c2C(=O)N1c1ccc(C(F)(F)c2ccccc2)cc1. The van der Waals surface area contributed by atoms with Crippen LogP contribution in [0.2, 0.25) is 0 Å². The number of alkyl halides is 2. The number of nitrogens with zero attached hydrogens (tertiary/aromatic N) is 5. The number of aromatic nitrogens is 2. The lowest BCUT2D eigenvalue weighted by atomic mass is 9.99. The van der Waals surface area contributed by atoms with Crippen molar-refractivity contribution in [1.29, 1.82) is 5.26 Å². The molecule has 0 unspecified atom stereocenters. The van der Waals surface area contributed by atoms with Crippen LogP contribution in [0.1, 0.15) is 50.0 Å². The molecule has 1 atom stereocenters. The van der Waals surface area contributed by atoms with E-state index in [-0.39, 0.29) is 28.4 Å². The van der Waals surface area contributed by atoms with Gasteiger partial charge in [0.1, 0.15) is 5.69 Å². The van der Waals surface area contributed by atoms with E-state index >= 15 is 8.78 Å². The minimum Gasteiger partial charge on any atom is -0.379 e. The van der Waals surface area contributed by atoms with Crippen LogP contribution in [-0.4, -0.2) is 58.8 Å². The maximum Gasteiger partial charge on any atom is 0.298 e. The van der Waals surface area contributed by atoms with E-state index in [1.54, 1.807) is 30.3 Å². The number of nitriles is 1. The van der Waals surface area contributed by atoms with Crippen LogP contribution in [0.25, 0.3) is 0 Å². The molecule has 1 fully saturated rings. The second-order valence-corrected chi connectivity index (χ2v) is 10.9. The Kier molecular flexibility index (Phi) is 7.95. The monoisotopic (exact) mass is 596 g/mol. The van der Waals surface area contributed by atoms with E-state index in [2.05, 4.69) is 21.4 Å². The first-order chi connectivity index (χ1) is 21.3. The Bertz CT molecular complexity index is 1730. The van der Waals surface area contributed by atoms with Crippen LogP contribution in [0.15, 0.2) is 79.0 Å². The number of carbonyl (C=O) groups excluding carboxylic acids is 2. The molecule has 0 radical (unpaired) electrons. The van der Waals surface area contributed by atoms with Crippen LogP contribution in [0, 0.1) is 11.3 Å². The Hall–Kier alpha value is -4.92. The average molecular weight is 597 g/mol. The normalized spacial score (nSPS) is 17.2. The smallest absolute Gasteiger partial charge is 0.298 e. The van der Waals surface area contributed by atoms with Gasteiger partial charge in [0.05, 0.1) is 49.2 Å². The topological polar surface area (TPSA) is 103 Å². The number of anilines is 2. The molecule has 1 N–H and O–H groups in total. The van der Waals surface area contributed by atoms with Crippen molar-refractivity contribution in [1.82, 2.24) is 14.7 Å². The molecule has 9 nitrogen and oxygen atoms in total. The van der Waals surface area contributed by atoms with Gasteiger partial charge in [0.2, 0.25) is 0 Å². The van der Waals surface area contributed by atoms with Gasteiger partial charge in [-0.2, -0.15) is 19.1 Å². The molecule has 1 saturated heterocycles. The highest BCUT2D eigenvalue weighted by Gasteiger charge is 2.37. The molecule has 44 heavy (non-hydrogen) atoms. The van der Waals surface area contributed by atoms with Gasteiger partial charge in [-0.05, 0) is 36.8 Å². The van der Waals surface area contributed by atoms with Crippen molar-refractivity contribution in [2.45, 2.75) is 32.0 Å². The highest BCUT2D eigenvalue weighted by molar-refractivity contribution is 6.15. The van der Waals surface area contributed by atoms with Gasteiger partial charge in [-0.3, -0.25) is 19.2 Å². The fourth-order valence-corrected chi connectivity index (χ4v) is 5.67.